The first-order valence-corrected chi connectivity index (χ1v) is 6.17. The Morgan fingerprint density at radius 2 is 2.38 bits per heavy atom. The molecule has 0 aliphatic rings. The van der Waals surface area contributed by atoms with E-state index in [0.717, 1.165) is 15.1 Å². The molecule has 5 heteroatoms. The first-order valence-electron chi connectivity index (χ1n) is 4.47. The van der Waals surface area contributed by atoms with Crippen LogP contribution in [-0.4, -0.2) is 4.98 Å². The largest absolute Gasteiger partial charge is 0.326 e. The highest BCUT2D eigenvalue weighted by atomic mass is 32.2. The van der Waals surface area contributed by atoms with Crippen molar-refractivity contribution in [3.8, 4) is 0 Å². The van der Waals surface area contributed by atoms with E-state index in [2.05, 4.69) is 22.9 Å². The topological polar surface area (TPSA) is 24.9 Å². The molecule has 0 spiro atoms. The van der Waals surface area contributed by atoms with E-state index in [1.165, 1.54) is 35.4 Å². The molecule has 0 aliphatic heterocycles. The number of rotatable bonds is 4. The van der Waals surface area contributed by atoms with Gasteiger partial charge in [-0.3, -0.25) is 0 Å². The number of halogens is 1. The molecule has 0 fully saturated rings. The summed E-state index contributed by atoms with van der Waals surface area (Å²) in [5.41, 5.74) is 3.19. The fraction of sp³-hybridized carbons (Fsp3) is 0. The first-order chi connectivity index (χ1) is 7.70. The SMILES string of the molecule is C=CC(=C)NSc1cc(F)cc2scnc12. The zero-order valence-corrected chi connectivity index (χ0v) is 10.00. The predicted octanol–water partition coefficient (Wildman–Crippen LogP) is 3.73. The van der Waals surface area contributed by atoms with Crippen LogP contribution in [0.15, 0.2) is 47.5 Å². The van der Waals surface area contributed by atoms with Crippen LogP contribution in [0.4, 0.5) is 4.39 Å². The highest BCUT2D eigenvalue weighted by Crippen LogP contribution is 2.29. The van der Waals surface area contributed by atoms with E-state index >= 15 is 0 Å². The fourth-order valence-corrected chi connectivity index (χ4v) is 2.69. The van der Waals surface area contributed by atoms with E-state index in [-0.39, 0.29) is 5.82 Å². The summed E-state index contributed by atoms with van der Waals surface area (Å²) >= 11 is 2.71. The molecule has 2 nitrogen and oxygen atoms in total. The van der Waals surface area contributed by atoms with Gasteiger partial charge in [0.1, 0.15) is 5.82 Å². The molecule has 82 valence electrons. The van der Waals surface area contributed by atoms with Crippen molar-refractivity contribution in [2.24, 2.45) is 0 Å². The lowest BCUT2D eigenvalue weighted by Crippen LogP contribution is -1.98. The zero-order valence-electron chi connectivity index (χ0n) is 8.37. The van der Waals surface area contributed by atoms with Gasteiger partial charge in [0.15, 0.2) is 0 Å². The Kier molecular flexibility index (Phi) is 3.26. The molecule has 1 aromatic heterocycles. The Labute approximate surface area is 101 Å². The van der Waals surface area contributed by atoms with Gasteiger partial charge in [-0.1, -0.05) is 13.2 Å². The van der Waals surface area contributed by atoms with Crippen molar-refractivity contribution in [2.45, 2.75) is 4.90 Å². The fourth-order valence-electron chi connectivity index (χ4n) is 1.14. The number of thiazole rings is 1. The smallest absolute Gasteiger partial charge is 0.125 e. The van der Waals surface area contributed by atoms with Gasteiger partial charge in [-0.05, 0) is 30.2 Å². The molecule has 1 aromatic carbocycles. The Bertz CT molecular complexity index is 548. The summed E-state index contributed by atoms with van der Waals surface area (Å²) in [5, 5.41) is 0. The zero-order chi connectivity index (χ0) is 11.5. The number of nitrogens with zero attached hydrogens (tertiary/aromatic N) is 1. The molecule has 1 heterocycles. The van der Waals surface area contributed by atoms with Gasteiger partial charge < -0.3 is 4.72 Å². The summed E-state index contributed by atoms with van der Waals surface area (Å²) in [5.74, 6) is -0.259. The Morgan fingerprint density at radius 3 is 3.12 bits per heavy atom. The average molecular weight is 252 g/mol. The minimum absolute atomic E-state index is 0.259. The number of hydrogen-bond donors (Lipinski definition) is 1. The van der Waals surface area contributed by atoms with Crippen molar-refractivity contribution in [2.75, 3.05) is 0 Å². The van der Waals surface area contributed by atoms with Crippen LogP contribution in [0.25, 0.3) is 10.2 Å². The Morgan fingerprint density at radius 1 is 1.56 bits per heavy atom. The molecule has 0 bridgehead atoms. The predicted molar refractivity (Wildman–Crippen MR) is 67.9 cm³/mol. The summed E-state index contributed by atoms with van der Waals surface area (Å²) in [4.78, 5) is 4.95. The number of aromatic nitrogens is 1. The van der Waals surface area contributed by atoms with Crippen LogP contribution in [0, 0.1) is 5.82 Å². The summed E-state index contributed by atoms with van der Waals surface area (Å²) in [6.45, 7) is 7.30. The van der Waals surface area contributed by atoms with Gasteiger partial charge in [0.25, 0.3) is 0 Å². The van der Waals surface area contributed by atoms with Crippen molar-refractivity contribution in [3.63, 3.8) is 0 Å². The lowest BCUT2D eigenvalue weighted by Gasteiger charge is -2.05. The highest BCUT2D eigenvalue weighted by molar-refractivity contribution is 7.97. The van der Waals surface area contributed by atoms with Crippen LogP contribution in [0.5, 0.6) is 0 Å². The van der Waals surface area contributed by atoms with E-state index < -0.39 is 0 Å². The maximum Gasteiger partial charge on any atom is 0.125 e. The van der Waals surface area contributed by atoms with Crippen LogP contribution >= 0.6 is 23.3 Å². The van der Waals surface area contributed by atoms with Gasteiger partial charge in [0, 0.05) is 5.70 Å². The molecule has 1 N–H and O–H groups in total. The molecule has 0 aliphatic carbocycles. The van der Waals surface area contributed by atoms with Gasteiger partial charge in [0.05, 0.1) is 20.6 Å². The monoisotopic (exact) mass is 252 g/mol. The lowest BCUT2D eigenvalue weighted by molar-refractivity contribution is 0.626. The van der Waals surface area contributed by atoms with Crippen molar-refractivity contribution >= 4 is 33.5 Å². The lowest BCUT2D eigenvalue weighted by atomic mass is 10.3. The van der Waals surface area contributed by atoms with Gasteiger partial charge in [-0.25, -0.2) is 9.37 Å². The van der Waals surface area contributed by atoms with Crippen molar-refractivity contribution in [3.05, 3.63) is 48.4 Å². The summed E-state index contributed by atoms with van der Waals surface area (Å²) in [6, 6.07) is 2.94. The van der Waals surface area contributed by atoms with E-state index in [4.69, 9.17) is 0 Å². The maximum atomic E-state index is 13.3. The number of nitrogens with one attached hydrogen (secondary N) is 1. The molecule has 2 aromatic rings. The third-order valence-corrected chi connectivity index (χ3v) is 3.58. The second-order valence-electron chi connectivity index (χ2n) is 3.04. The van der Waals surface area contributed by atoms with E-state index in [9.17, 15) is 4.39 Å². The maximum absolute atomic E-state index is 13.3. The van der Waals surface area contributed by atoms with E-state index in [1.807, 2.05) is 0 Å². The molecular weight excluding hydrogens is 243 g/mol. The molecule has 0 atom stereocenters. The summed E-state index contributed by atoms with van der Waals surface area (Å²) < 4.78 is 17.1. The van der Waals surface area contributed by atoms with Gasteiger partial charge in [-0.2, -0.15) is 0 Å². The molecule has 16 heavy (non-hydrogen) atoms. The van der Waals surface area contributed by atoms with Crippen molar-refractivity contribution in [1.82, 2.24) is 9.71 Å². The Hall–Kier alpha value is -1.33. The van der Waals surface area contributed by atoms with Crippen molar-refractivity contribution < 1.29 is 4.39 Å². The van der Waals surface area contributed by atoms with Gasteiger partial charge in [0.2, 0.25) is 0 Å². The highest BCUT2D eigenvalue weighted by Gasteiger charge is 2.07. The molecule has 0 saturated carbocycles. The summed E-state index contributed by atoms with van der Waals surface area (Å²) in [6.07, 6.45) is 1.60. The van der Waals surface area contributed by atoms with E-state index in [1.54, 1.807) is 11.6 Å². The van der Waals surface area contributed by atoms with Crippen LogP contribution in [0.3, 0.4) is 0 Å². The standard InChI is InChI=1S/C11H9FN2S2/c1-3-7(2)14-16-10-5-8(12)4-9-11(10)13-6-15-9/h3-6,14H,1-2H2. The second kappa shape index (κ2) is 4.67. The average Bonchev–Trinajstić information content (AvgIpc) is 2.73. The van der Waals surface area contributed by atoms with E-state index in [0.29, 0.717) is 5.70 Å². The third kappa shape index (κ3) is 2.25. The van der Waals surface area contributed by atoms with Gasteiger partial charge in [-0.15, -0.1) is 11.3 Å². The number of hydrogen-bond acceptors (Lipinski definition) is 4. The molecule has 0 radical (unpaired) electrons. The molecule has 0 unspecified atom stereocenters. The molecule has 2 rings (SSSR count). The number of fused-ring (bicyclic) bond motifs is 1. The number of benzene rings is 1. The second-order valence-corrected chi connectivity index (χ2v) is 4.77. The minimum Gasteiger partial charge on any atom is -0.326 e. The Balaban J connectivity index is 2.31. The summed E-state index contributed by atoms with van der Waals surface area (Å²) in [7, 11) is 0. The van der Waals surface area contributed by atoms with Crippen LogP contribution in [0.1, 0.15) is 0 Å². The van der Waals surface area contributed by atoms with Crippen LogP contribution < -0.4 is 4.72 Å². The van der Waals surface area contributed by atoms with Crippen molar-refractivity contribution in [1.29, 1.82) is 0 Å². The van der Waals surface area contributed by atoms with Crippen LogP contribution in [0.2, 0.25) is 0 Å². The molecular formula is C11H9FN2S2. The first kappa shape index (κ1) is 11.2. The third-order valence-electron chi connectivity index (χ3n) is 1.90. The van der Waals surface area contributed by atoms with Crippen LogP contribution in [-0.2, 0) is 0 Å². The number of allylic oxidation sites excluding steroid dienone is 1. The normalized spacial score (nSPS) is 10.3. The quantitative estimate of drug-likeness (QED) is 0.663. The molecule has 0 saturated heterocycles. The van der Waals surface area contributed by atoms with Gasteiger partial charge >= 0.3 is 0 Å². The molecule has 0 amide bonds. The minimum atomic E-state index is -0.259.